The van der Waals surface area contributed by atoms with E-state index in [2.05, 4.69) is 4.72 Å². The fraction of sp³-hybridized carbons (Fsp3) is 0.214. The highest BCUT2D eigenvalue weighted by Crippen LogP contribution is 2.36. The maximum atomic E-state index is 13.4. The van der Waals surface area contributed by atoms with E-state index < -0.39 is 10.0 Å². The highest BCUT2D eigenvalue weighted by molar-refractivity contribution is 7.92. The number of hydrogen-bond acceptors (Lipinski definition) is 4. The van der Waals surface area contributed by atoms with Gasteiger partial charge in [0.05, 0.1) is 4.90 Å². The number of anilines is 1. The average molecular weight is 500 g/mol. The third-order valence-corrected chi connectivity index (χ3v) is 8.57. The summed E-state index contributed by atoms with van der Waals surface area (Å²) in [6, 6.07) is 25.1. The Bertz CT molecular complexity index is 1650. The average Bonchev–Trinajstić information content (AvgIpc) is 2.90. The number of nitrogens with one attached hydrogen (secondary N) is 1. The third-order valence-electron chi connectivity index (χ3n) is 7.19. The molecule has 1 saturated heterocycles. The molecule has 1 aromatic heterocycles. The van der Waals surface area contributed by atoms with Crippen molar-refractivity contribution >= 4 is 32.4 Å². The van der Waals surface area contributed by atoms with Crippen molar-refractivity contribution in [3.8, 4) is 0 Å². The Balaban J connectivity index is 1.26. The predicted molar refractivity (Wildman–Crippen MR) is 139 cm³/mol. The summed E-state index contributed by atoms with van der Waals surface area (Å²) in [5, 5.41) is 2.12. The maximum Gasteiger partial charge on any atom is 0.275 e. The first-order chi connectivity index (χ1) is 17.4. The van der Waals surface area contributed by atoms with Crippen LogP contribution in [0.4, 0.5) is 5.69 Å². The molecule has 2 atom stereocenters. The molecule has 0 saturated carbocycles. The highest BCUT2D eigenvalue weighted by atomic mass is 32.2. The number of carbonyl (C=O) groups is 1. The van der Waals surface area contributed by atoms with E-state index in [-0.39, 0.29) is 33.9 Å². The Kier molecular flexibility index (Phi) is 5.41. The number of rotatable bonds is 4. The van der Waals surface area contributed by atoms with Gasteiger partial charge < -0.3 is 9.47 Å². The molecule has 1 fully saturated rings. The van der Waals surface area contributed by atoms with Crippen LogP contribution < -0.4 is 10.3 Å². The van der Waals surface area contributed by atoms with Gasteiger partial charge in [0.15, 0.2) is 0 Å². The molecule has 1 N–H and O–H groups in total. The van der Waals surface area contributed by atoms with Crippen LogP contribution in [-0.4, -0.2) is 36.9 Å². The molecule has 0 aliphatic carbocycles. The highest BCUT2D eigenvalue weighted by Gasteiger charge is 2.37. The Morgan fingerprint density at radius 1 is 0.833 bits per heavy atom. The lowest BCUT2D eigenvalue weighted by atomic mass is 9.83. The van der Waals surface area contributed by atoms with Crippen LogP contribution in [0.2, 0.25) is 0 Å². The number of likely N-dealkylation sites (tertiary alicyclic amines) is 1. The number of piperidine rings is 1. The topological polar surface area (TPSA) is 88.5 Å². The van der Waals surface area contributed by atoms with E-state index in [0.29, 0.717) is 25.2 Å². The molecule has 8 heteroatoms. The number of fused-ring (bicyclic) bond motifs is 5. The first kappa shape index (κ1) is 22.5. The maximum absolute atomic E-state index is 13.4. The van der Waals surface area contributed by atoms with Gasteiger partial charge in [0.1, 0.15) is 5.69 Å². The fourth-order valence-electron chi connectivity index (χ4n) is 5.50. The molecular formula is C28H25N3O4S. The second-order valence-corrected chi connectivity index (χ2v) is 11.3. The van der Waals surface area contributed by atoms with E-state index in [1.807, 2.05) is 53.4 Å². The molecule has 0 unspecified atom stereocenters. The number of carbonyl (C=O) groups excluding carboxylic acids is 1. The molecule has 6 rings (SSSR count). The molecule has 3 heterocycles. The summed E-state index contributed by atoms with van der Waals surface area (Å²) in [6.45, 7) is 1.54. The summed E-state index contributed by atoms with van der Waals surface area (Å²) in [7, 11) is -3.86. The predicted octanol–water partition coefficient (Wildman–Crippen LogP) is 4.06. The largest absolute Gasteiger partial charge is 0.338 e. The Morgan fingerprint density at radius 2 is 1.58 bits per heavy atom. The molecular weight excluding hydrogens is 474 g/mol. The lowest BCUT2D eigenvalue weighted by Crippen LogP contribution is -2.49. The summed E-state index contributed by atoms with van der Waals surface area (Å²) < 4.78 is 29.6. The number of benzene rings is 3. The van der Waals surface area contributed by atoms with Gasteiger partial charge in [0, 0.05) is 36.8 Å². The van der Waals surface area contributed by atoms with Gasteiger partial charge in [-0.15, -0.1) is 0 Å². The number of aromatic nitrogens is 1. The smallest absolute Gasteiger partial charge is 0.275 e. The van der Waals surface area contributed by atoms with Crippen LogP contribution in [0.25, 0.3) is 10.8 Å². The van der Waals surface area contributed by atoms with Gasteiger partial charge in [-0.1, -0.05) is 48.5 Å². The van der Waals surface area contributed by atoms with Gasteiger partial charge in [-0.05, 0) is 59.5 Å². The van der Waals surface area contributed by atoms with Crippen molar-refractivity contribution in [3.63, 3.8) is 0 Å². The van der Waals surface area contributed by atoms with Gasteiger partial charge in [-0.25, -0.2) is 8.42 Å². The Labute approximate surface area is 209 Å². The van der Waals surface area contributed by atoms with Crippen molar-refractivity contribution < 1.29 is 13.2 Å². The van der Waals surface area contributed by atoms with Gasteiger partial charge in [0.2, 0.25) is 0 Å². The van der Waals surface area contributed by atoms with Crippen LogP contribution in [0.5, 0.6) is 0 Å². The number of sulfonamides is 1. The lowest BCUT2D eigenvalue weighted by molar-refractivity contribution is 0.0595. The van der Waals surface area contributed by atoms with Gasteiger partial charge in [0.25, 0.3) is 21.5 Å². The van der Waals surface area contributed by atoms with Crippen LogP contribution in [0.15, 0.2) is 94.6 Å². The summed E-state index contributed by atoms with van der Waals surface area (Å²) in [5.74, 6) is 0.146. The minimum absolute atomic E-state index is 0.00140. The molecule has 4 aromatic rings. The number of nitrogens with zero attached hydrogens (tertiary/aromatic N) is 2. The van der Waals surface area contributed by atoms with Gasteiger partial charge >= 0.3 is 0 Å². The van der Waals surface area contributed by atoms with Crippen molar-refractivity contribution in [2.24, 2.45) is 5.92 Å². The lowest BCUT2D eigenvalue weighted by Gasteiger charge is -2.43. The zero-order valence-corrected chi connectivity index (χ0v) is 20.3. The van der Waals surface area contributed by atoms with Gasteiger partial charge in [-0.3, -0.25) is 14.3 Å². The molecule has 0 radical (unpaired) electrons. The number of hydrogen-bond donors (Lipinski definition) is 1. The standard InChI is InChI=1S/C28H25N3O4S/c32-27(22-11-10-20-6-4-5-7-21(20)15-22)30-16-19-14-23(18-30)26-13-12-25(28(33)31(26)17-19)29-36(34,35)24-8-2-1-3-9-24/h1-13,15,19,23,29H,14,16-18H2/t19-,23+/m0/s1. The van der Waals surface area contributed by atoms with Crippen LogP contribution in [-0.2, 0) is 16.6 Å². The third kappa shape index (κ3) is 3.97. The van der Waals surface area contributed by atoms with Crippen LogP contribution in [0.1, 0.15) is 28.4 Å². The normalized spacial score (nSPS) is 19.1. The molecule has 1 amide bonds. The van der Waals surface area contributed by atoms with Crippen molar-refractivity contribution in [2.45, 2.75) is 23.8 Å². The zero-order valence-electron chi connectivity index (χ0n) is 19.5. The quantitative estimate of drug-likeness (QED) is 0.459. The van der Waals surface area contributed by atoms with Crippen molar-refractivity contribution in [1.29, 1.82) is 0 Å². The van der Waals surface area contributed by atoms with E-state index in [1.54, 1.807) is 28.8 Å². The second kappa shape index (κ2) is 8.64. The molecule has 182 valence electrons. The monoisotopic (exact) mass is 499 g/mol. The van der Waals surface area contributed by atoms with Crippen molar-refractivity contribution in [2.75, 3.05) is 17.8 Å². The molecule has 2 bridgehead atoms. The van der Waals surface area contributed by atoms with E-state index in [4.69, 9.17) is 0 Å². The molecule has 0 spiro atoms. The minimum atomic E-state index is -3.86. The van der Waals surface area contributed by atoms with Crippen LogP contribution in [0, 0.1) is 5.92 Å². The molecule has 7 nitrogen and oxygen atoms in total. The summed E-state index contributed by atoms with van der Waals surface area (Å²) in [5.41, 5.74) is 1.19. The van der Waals surface area contributed by atoms with E-state index in [9.17, 15) is 18.0 Å². The van der Waals surface area contributed by atoms with E-state index in [1.165, 1.54) is 12.1 Å². The minimum Gasteiger partial charge on any atom is -0.338 e. The number of pyridine rings is 1. The fourth-order valence-corrected chi connectivity index (χ4v) is 6.58. The number of amides is 1. The van der Waals surface area contributed by atoms with Crippen LogP contribution >= 0.6 is 0 Å². The molecule has 36 heavy (non-hydrogen) atoms. The van der Waals surface area contributed by atoms with Crippen molar-refractivity contribution in [3.05, 3.63) is 107 Å². The zero-order chi connectivity index (χ0) is 24.9. The summed E-state index contributed by atoms with van der Waals surface area (Å²) in [6.07, 6.45) is 0.899. The first-order valence-corrected chi connectivity index (χ1v) is 13.5. The van der Waals surface area contributed by atoms with Gasteiger partial charge in [-0.2, -0.15) is 0 Å². The van der Waals surface area contributed by atoms with E-state index in [0.717, 1.165) is 22.9 Å². The summed E-state index contributed by atoms with van der Waals surface area (Å²) >= 11 is 0. The first-order valence-electron chi connectivity index (χ1n) is 12.0. The Morgan fingerprint density at radius 3 is 2.39 bits per heavy atom. The summed E-state index contributed by atoms with van der Waals surface area (Å²) in [4.78, 5) is 28.6. The molecule has 3 aromatic carbocycles. The van der Waals surface area contributed by atoms with E-state index >= 15 is 0 Å². The molecule has 2 aliphatic heterocycles. The van der Waals surface area contributed by atoms with Crippen molar-refractivity contribution in [1.82, 2.24) is 9.47 Å². The Hall–Kier alpha value is -3.91. The second-order valence-electron chi connectivity index (χ2n) is 9.58. The molecule has 2 aliphatic rings. The SMILES string of the molecule is O=C(c1ccc2ccccc2c1)N1C[C@@H]2C[C@H](C1)c1ccc(NS(=O)(=O)c3ccccc3)c(=O)n1C2. The van der Waals surface area contributed by atoms with Crippen LogP contribution in [0.3, 0.4) is 0 Å².